The highest BCUT2D eigenvalue weighted by Crippen LogP contribution is 2.43. The zero-order valence-corrected chi connectivity index (χ0v) is 21.8. The fraction of sp³-hybridized carbons (Fsp3) is 0.333. The molecule has 9 nitrogen and oxygen atoms in total. The number of Topliss-reactive ketones (excluding diaryl/α,β-unsaturated/α-hetero) is 1. The molecule has 1 saturated heterocycles. The van der Waals surface area contributed by atoms with E-state index in [0.29, 0.717) is 12.8 Å². The third-order valence-corrected chi connectivity index (χ3v) is 9.10. The molecule has 1 aliphatic carbocycles. The molecule has 182 valence electrons. The van der Waals surface area contributed by atoms with Gasteiger partial charge < -0.3 is 0 Å². The molecule has 0 N–H and O–H groups in total. The largest absolute Gasteiger partial charge is 0.292 e. The lowest BCUT2D eigenvalue weighted by Crippen LogP contribution is -2.52. The summed E-state index contributed by atoms with van der Waals surface area (Å²) in [4.78, 5) is 64.3. The van der Waals surface area contributed by atoms with Crippen molar-refractivity contribution in [2.75, 3.05) is 6.54 Å². The van der Waals surface area contributed by atoms with Crippen LogP contribution < -0.4 is 0 Å². The number of carbonyl (C=O) groups is 4. The minimum Gasteiger partial charge on any atom is -0.292 e. The van der Waals surface area contributed by atoms with Crippen LogP contribution in [0.4, 0.5) is 5.69 Å². The standard InChI is InChI=1S/C24H21Br2N3O6/c1-13-6-8-14(9-7-13)21(30)12-27(22(31)15-4-2-3-5-20(15)29(34)35)28-23(32)16-10-18(25)19(26)11-17(16)24(28)33/h2-9,16-19H,10-12H2,1H3/t16-,17+,18+,19-. The van der Waals surface area contributed by atoms with Crippen LogP contribution in [0, 0.1) is 28.9 Å². The van der Waals surface area contributed by atoms with Crippen LogP contribution >= 0.6 is 31.9 Å². The lowest BCUT2D eigenvalue weighted by Gasteiger charge is -2.30. The van der Waals surface area contributed by atoms with Gasteiger partial charge in [-0.05, 0) is 25.8 Å². The lowest BCUT2D eigenvalue weighted by molar-refractivity contribution is -0.385. The molecule has 4 rings (SSSR count). The Morgan fingerprint density at radius 3 is 2.09 bits per heavy atom. The normalized spacial score (nSPS) is 23.7. The minimum atomic E-state index is -0.969. The smallest absolute Gasteiger partial charge is 0.282 e. The number of carbonyl (C=O) groups excluding carboxylic acids is 4. The van der Waals surface area contributed by atoms with Gasteiger partial charge in [0.2, 0.25) is 0 Å². The number of hydrogen-bond donors (Lipinski definition) is 0. The van der Waals surface area contributed by atoms with E-state index < -0.39 is 52.5 Å². The number of alkyl halides is 2. The summed E-state index contributed by atoms with van der Waals surface area (Å²) in [5.74, 6) is -3.97. The first-order chi connectivity index (χ1) is 16.6. The number of halogens is 2. The zero-order valence-electron chi connectivity index (χ0n) is 18.6. The number of hydrogen-bond acceptors (Lipinski definition) is 6. The number of benzene rings is 2. The number of imide groups is 1. The van der Waals surface area contributed by atoms with E-state index in [2.05, 4.69) is 31.9 Å². The summed E-state index contributed by atoms with van der Waals surface area (Å²) in [6.45, 7) is 1.23. The average Bonchev–Trinajstić information content (AvgIpc) is 3.06. The number of aryl methyl sites for hydroxylation is 1. The molecule has 0 unspecified atom stereocenters. The van der Waals surface area contributed by atoms with Crippen molar-refractivity contribution in [3.8, 4) is 0 Å². The summed E-state index contributed by atoms with van der Waals surface area (Å²) >= 11 is 7.05. The number of rotatable bonds is 6. The number of amides is 3. The maximum atomic E-state index is 13.6. The van der Waals surface area contributed by atoms with Gasteiger partial charge in [-0.15, -0.1) is 0 Å². The fourth-order valence-electron chi connectivity index (χ4n) is 4.47. The van der Waals surface area contributed by atoms with E-state index in [1.807, 2.05) is 6.92 Å². The number of hydrazine groups is 1. The van der Waals surface area contributed by atoms with Crippen LogP contribution in [0.3, 0.4) is 0 Å². The summed E-state index contributed by atoms with van der Waals surface area (Å²) in [5.41, 5.74) is 0.412. The second-order valence-electron chi connectivity index (χ2n) is 8.63. The molecule has 1 aliphatic heterocycles. The Balaban J connectivity index is 1.74. The first-order valence-electron chi connectivity index (χ1n) is 10.9. The van der Waals surface area contributed by atoms with Gasteiger partial charge in [0, 0.05) is 21.3 Å². The van der Waals surface area contributed by atoms with Crippen molar-refractivity contribution >= 4 is 61.1 Å². The number of nitro benzene ring substituents is 1. The number of fused-ring (bicyclic) bond motifs is 1. The van der Waals surface area contributed by atoms with E-state index in [1.165, 1.54) is 18.2 Å². The van der Waals surface area contributed by atoms with Crippen molar-refractivity contribution in [1.82, 2.24) is 10.0 Å². The molecular weight excluding hydrogens is 586 g/mol. The monoisotopic (exact) mass is 605 g/mol. The van der Waals surface area contributed by atoms with Gasteiger partial charge in [0.05, 0.1) is 16.8 Å². The fourth-order valence-corrected chi connectivity index (χ4v) is 5.71. The molecule has 4 atom stereocenters. The van der Waals surface area contributed by atoms with Gasteiger partial charge in [0.1, 0.15) is 12.1 Å². The Hall–Kier alpha value is -2.92. The highest BCUT2D eigenvalue weighted by Gasteiger charge is 2.55. The van der Waals surface area contributed by atoms with Gasteiger partial charge in [0.15, 0.2) is 5.78 Å². The van der Waals surface area contributed by atoms with Gasteiger partial charge in [-0.25, -0.2) is 5.01 Å². The van der Waals surface area contributed by atoms with Crippen LogP contribution in [0.5, 0.6) is 0 Å². The molecule has 1 saturated carbocycles. The van der Waals surface area contributed by atoms with Gasteiger partial charge in [0.25, 0.3) is 23.4 Å². The predicted molar refractivity (Wildman–Crippen MR) is 133 cm³/mol. The van der Waals surface area contributed by atoms with Crippen molar-refractivity contribution in [2.24, 2.45) is 11.8 Å². The predicted octanol–water partition coefficient (Wildman–Crippen LogP) is 4.07. The first-order valence-corrected chi connectivity index (χ1v) is 12.7. The van der Waals surface area contributed by atoms with Gasteiger partial charge in [-0.3, -0.25) is 29.3 Å². The molecule has 2 fully saturated rings. The number of nitro groups is 1. The highest BCUT2D eigenvalue weighted by atomic mass is 79.9. The van der Waals surface area contributed by atoms with E-state index >= 15 is 0 Å². The van der Waals surface area contributed by atoms with E-state index in [9.17, 15) is 29.3 Å². The molecule has 2 aromatic carbocycles. The SMILES string of the molecule is Cc1ccc(C(=O)CN(C(=O)c2ccccc2[N+](=O)[O-])N2C(=O)[C@H]3C[C@@H](Br)[C@@H](Br)C[C@H]3C2=O)cc1. The maximum Gasteiger partial charge on any atom is 0.282 e. The van der Waals surface area contributed by atoms with E-state index in [1.54, 1.807) is 24.3 Å². The molecule has 0 spiro atoms. The lowest BCUT2D eigenvalue weighted by atomic mass is 9.81. The Labute approximate surface area is 217 Å². The van der Waals surface area contributed by atoms with Crippen LogP contribution in [0.1, 0.15) is 39.1 Å². The molecule has 1 heterocycles. The topological polar surface area (TPSA) is 118 Å². The van der Waals surface area contributed by atoms with Crippen molar-refractivity contribution < 1.29 is 24.1 Å². The van der Waals surface area contributed by atoms with E-state index in [0.717, 1.165) is 21.6 Å². The Kier molecular flexibility index (Phi) is 7.18. The summed E-state index contributed by atoms with van der Waals surface area (Å²) in [7, 11) is 0. The van der Waals surface area contributed by atoms with Gasteiger partial charge in [-0.2, -0.15) is 5.01 Å². The molecule has 0 bridgehead atoms. The number of nitrogens with zero attached hydrogens (tertiary/aromatic N) is 3. The van der Waals surface area contributed by atoms with Crippen LogP contribution in [0.25, 0.3) is 0 Å². The third-order valence-electron chi connectivity index (χ3n) is 6.36. The second kappa shape index (κ2) is 9.98. The Bertz CT molecular complexity index is 1190. The van der Waals surface area contributed by atoms with E-state index in [-0.39, 0.29) is 20.8 Å². The van der Waals surface area contributed by atoms with Crippen molar-refractivity contribution in [3.05, 3.63) is 75.3 Å². The molecule has 0 aromatic heterocycles. The summed E-state index contributed by atoms with van der Waals surface area (Å²) in [6.07, 6.45) is 0.752. The zero-order chi connectivity index (χ0) is 25.4. The minimum absolute atomic E-state index is 0.0472. The quantitative estimate of drug-likeness (QED) is 0.161. The Morgan fingerprint density at radius 2 is 1.54 bits per heavy atom. The number of para-hydroxylation sites is 1. The molecule has 35 heavy (non-hydrogen) atoms. The molecule has 0 radical (unpaired) electrons. The van der Waals surface area contributed by atoms with Gasteiger partial charge in [-0.1, -0.05) is 73.8 Å². The van der Waals surface area contributed by atoms with Crippen LogP contribution in [-0.4, -0.2) is 54.6 Å². The third kappa shape index (κ3) is 4.79. The van der Waals surface area contributed by atoms with Crippen LogP contribution in [-0.2, 0) is 9.59 Å². The van der Waals surface area contributed by atoms with Crippen LogP contribution in [0.2, 0.25) is 0 Å². The van der Waals surface area contributed by atoms with Gasteiger partial charge >= 0.3 is 0 Å². The first kappa shape index (κ1) is 25.2. The summed E-state index contributed by atoms with van der Waals surface area (Å²) in [5, 5.41) is 13.1. The molecule has 2 aliphatic rings. The molecule has 2 aromatic rings. The molecule has 11 heteroatoms. The molecule has 3 amide bonds. The van der Waals surface area contributed by atoms with Crippen molar-refractivity contribution in [2.45, 2.75) is 29.4 Å². The Morgan fingerprint density at radius 1 is 1.00 bits per heavy atom. The van der Waals surface area contributed by atoms with E-state index in [4.69, 9.17) is 0 Å². The summed E-state index contributed by atoms with van der Waals surface area (Å²) < 4.78 is 0. The maximum absolute atomic E-state index is 13.6. The van der Waals surface area contributed by atoms with Crippen molar-refractivity contribution in [1.29, 1.82) is 0 Å². The average molecular weight is 607 g/mol. The highest BCUT2D eigenvalue weighted by molar-refractivity contribution is 9.12. The van der Waals surface area contributed by atoms with Crippen molar-refractivity contribution in [3.63, 3.8) is 0 Å². The summed E-state index contributed by atoms with van der Waals surface area (Å²) in [6, 6.07) is 11.9. The molecular formula is C24H21Br2N3O6. The second-order valence-corrected chi connectivity index (χ2v) is 11.0. The number of ketones is 1. The van der Waals surface area contributed by atoms with Crippen LogP contribution in [0.15, 0.2) is 48.5 Å².